The van der Waals surface area contributed by atoms with Crippen LogP contribution in [0.4, 0.5) is 0 Å². The Hall–Kier alpha value is -2.47. The van der Waals surface area contributed by atoms with E-state index in [-0.39, 0.29) is 11.5 Å². The predicted molar refractivity (Wildman–Crippen MR) is 117 cm³/mol. The van der Waals surface area contributed by atoms with Crippen molar-refractivity contribution in [2.24, 2.45) is 5.92 Å². The molecular formula is C23H27N3O2S. The maximum absolute atomic E-state index is 13.1. The van der Waals surface area contributed by atoms with Crippen LogP contribution < -0.4 is 5.56 Å². The van der Waals surface area contributed by atoms with Crippen molar-refractivity contribution < 1.29 is 4.79 Å². The third-order valence-electron chi connectivity index (χ3n) is 5.73. The molecule has 0 radical (unpaired) electrons. The summed E-state index contributed by atoms with van der Waals surface area (Å²) in [4.78, 5) is 33.5. The van der Waals surface area contributed by atoms with Crippen molar-refractivity contribution in [3.63, 3.8) is 0 Å². The number of likely N-dealkylation sites (tertiary alicyclic amines) is 1. The van der Waals surface area contributed by atoms with Crippen LogP contribution in [-0.4, -0.2) is 33.4 Å². The number of amides is 1. The first-order valence-electron chi connectivity index (χ1n) is 10.4. The first-order chi connectivity index (χ1) is 14.2. The average Bonchev–Trinajstić information content (AvgIpc) is 3.24. The van der Waals surface area contributed by atoms with E-state index in [1.165, 1.54) is 0 Å². The van der Waals surface area contributed by atoms with Crippen LogP contribution in [0.5, 0.6) is 0 Å². The molecule has 1 aromatic carbocycles. The van der Waals surface area contributed by atoms with Gasteiger partial charge in [0.1, 0.15) is 5.82 Å². The van der Waals surface area contributed by atoms with Crippen molar-refractivity contribution in [2.75, 3.05) is 13.1 Å². The molecule has 0 saturated carbocycles. The molecule has 0 bridgehead atoms. The number of carbonyl (C=O) groups excluding carboxylic acids is 1. The van der Waals surface area contributed by atoms with E-state index in [0.29, 0.717) is 24.3 Å². The summed E-state index contributed by atoms with van der Waals surface area (Å²) in [5, 5.41) is 2.70. The number of hydrogen-bond donors (Lipinski definition) is 0. The average molecular weight is 410 g/mol. The van der Waals surface area contributed by atoms with E-state index >= 15 is 0 Å². The minimum Gasteiger partial charge on any atom is -0.342 e. The summed E-state index contributed by atoms with van der Waals surface area (Å²) in [6, 6.07) is 11.6. The smallest absolute Gasteiger partial charge is 0.261 e. The molecule has 5 nitrogen and oxygen atoms in total. The fourth-order valence-electron chi connectivity index (χ4n) is 4.11. The number of benzene rings is 1. The maximum atomic E-state index is 13.1. The van der Waals surface area contributed by atoms with Gasteiger partial charge in [-0.15, -0.1) is 11.3 Å². The van der Waals surface area contributed by atoms with Gasteiger partial charge in [0.05, 0.1) is 17.3 Å². The summed E-state index contributed by atoms with van der Waals surface area (Å²) in [5.41, 5.74) is 0.849. The maximum Gasteiger partial charge on any atom is 0.261 e. The molecule has 1 aliphatic heterocycles. The predicted octanol–water partition coefficient (Wildman–Crippen LogP) is 3.89. The number of aromatic nitrogens is 2. The molecule has 0 unspecified atom stereocenters. The molecule has 1 fully saturated rings. The molecular weight excluding hydrogens is 382 g/mol. The number of rotatable bonds is 6. The van der Waals surface area contributed by atoms with Crippen LogP contribution in [0.1, 0.15) is 36.9 Å². The Bertz CT molecular complexity index is 1030. The Morgan fingerprint density at radius 3 is 2.69 bits per heavy atom. The SMILES string of the molecule is CCCc1nc2ccccc2c(=O)n1CC1CCN(C(=O)Cc2cccs2)CC1. The van der Waals surface area contributed by atoms with Gasteiger partial charge in [0, 0.05) is 30.9 Å². The van der Waals surface area contributed by atoms with Gasteiger partial charge in [-0.1, -0.05) is 25.1 Å². The molecule has 4 rings (SSSR count). The lowest BCUT2D eigenvalue weighted by Gasteiger charge is -2.32. The summed E-state index contributed by atoms with van der Waals surface area (Å²) in [5.74, 6) is 1.49. The molecule has 152 valence electrons. The lowest BCUT2D eigenvalue weighted by Crippen LogP contribution is -2.41. The van der Waals surface area contributed by atoms with Crippen molar-refractivity contribution in [3.8, 4) is 0 Å². The minimum atomic E-state index is 0.0650. The number of fused-ring (bicyclic) bond motifs is 1. The van der Waals surface area contributed by atoms with Gasteiger partial charge < -0.3 is 4.90 Å². The van der Waals surface area contributed by atoms with Crippen LogP contribution >= 0.6 is 11.3 Å². The lowest BCUT2D eigenvalue weighted by molar-refractivity contribution is -0.131. The molecule has 0 N–H and O–H groups in total. The van der Waals surface area contributed by atoms with Gasteiger partial charge in [-0.2, -0.15) is 0 Å². The molecule has 1 saturated heterocycles. The number of hydrogen-bond acceptors (Lipinski definition) is 4. The third-order valence-corrected chi connectivity index (χ3v) is 6.60. The molecule has 0 aliphatic carbocycles. The normalized spacial score (nSPS) is 15.1. The van der Waals surface area contributed by atoms with E-state index in [2.05, 4.69) is 6.92 Å². The van der Waals surface area contributed by atoms with E-state index in [1.54, 1.807) is 11.3 Å². The summed E-state index contributed by atoms with van der Waals surface area (Å²) in [7, 11) is 0. The van der Waals surface area contributed by atoms with Gasteiger partial charge in [0.2, 0.25) is 5.91 Å². The van der Waals surface area contributed by atoms with Crippen LogP contribution in [0.15, 0.2) is 46.6 Å². The van der Waals surface area contributed by atoms with E-state index in [1.807, 2.05) is 51.2 Å². The highest BCUT2D eigenvalue weighted by Crippen LogP contribution is 2.21. The first kappa shape index (κ1) is 19.8. The van der Waals surface area contributed by atoms with Crippen LogP contribution in [-0.2, 0) is 24.2 Å². The van der Waals surface area contributed by atoms with Gasteiger partial charge in [0.15, 0.2) is 0 Å². The van der Waals surface area contributed by atoms with Crippen molar-refractivity contribution in [1.82, 2.24) is 14.5 Å². The van der Waals surface area contributed by atoms with E-state index < -0.39 is 0 Å². The molecule has 3 heterocycles. The molecule has 2 aromatic heterocycles. The zero-order valence-electron chi connectivity index (χ0n) is 16.8. The van der Waals surface area contributed by atoms with Crippen molar-refractivity contribution >= 4 is 28.1 Å². The molecule has 0 atom stereocenters. The third kappa shape index (κ3) is 4.42. The molecule has 1 amide bonds. The Balaban J connectivity index is 1.45. The minimum absolute atomic E-state index is 0.0650. The summed E-state index contributed by atoms with van der Waals surface area (Å²) < 4.78 is 1.89. The van der Waals surface area contributed by atoms with Crippen LogP contribution in [0, 0.1) is 5.92 Å². The van der Waals surface area contributed by atoms with Crippen LogP contribution in [0.25, 0.3) is 10.9 Å². The van der Waals surface area contributed by atoms with E-state index in [4.69, 9.17) is 4.98 Å². The second-order valence-corrected chi connectivity index (χ2v) is 8.82. The quantitative estimate of drug-likeness (QED) is 0.621. The molecule has 3 aromatic rings. The Kier molecular flexibility index (Phi) is 6.09. The number of thiophene rings is 1. The molecule has 6 heteroatoms. The molecule has 0 spiro atoms. The zero-order valence-corrected chi connectivity index (χ0v) is 17.7. The zero-order chi connectivity index (χ0) is 20.2. The van der Waals surface area contributed by atoms with Crippen molar-refractivity contribution in [1.29, 1.82) is 0 Å². The van der Waals surface area contributed by atoms with Gasteiger partial charge in [0.25, 0.3) is 5.56 Å². The van der Waals surface area contributed by atoms with Gasteiger partial charge in [-0.05, 0) is 48.8 Å². The largest absolute Gasteiger partial charge is 0.342 e. The van der Waals surface area contributed by atoms with Gasteiger partial charge in [-0.3, -0.25) is 14.2 Å². The van der Waals surface area contributed by atoms with Crippen LogP contribution in [0.3, 0.4) is 0 Å². The van der Waals surface area contributed by atoms with Gasteiger partial charge in [-0.25, -0.2) is 4.98 Å². The summed E-state index contributed by atoms with van der Waals surface area (Å²) >= 11 is 1.63. The highest BCUT2D eigenvalue weighted by molar-refractivity contribution is 7.10. The number of carbonyl (C=O) groups is 1. The first-order valence-corrected chi connectivity index (χ1v) is 11.3. The fraction of sp³-hybridized carbons (Fsp3) is 0.435. The second kappa shape index (κ2) is 8.91. The van der Waals surface area contributed by atoms with E-state index in [0.717, 1.165) is 55.0 Å². The van der Waals surface area contributed by atoms with E-state index in [9.17, 15) is 9.59 Å². The highest BCUT2D eigenvalue weighted by Gasteiger charge is 2.24. The van der Waals surface area contributed by atoms with Crippen LogP contribution in [0.2, 0.25) is 0 Å². The Morgan fingerprint density at radius 2 is 1.97 bits per heavy atom. The number of aryl methyl sites for hydroxylation is 1. The summed E-state index contributed by atoms with van der Waals surface area (Å²) in [6.45, 7) is 4.35. The Labute approximate surface area is 175 Å². The standard InChI is InChI=1S/C23H27N3O2S/c1-2-6-21-24-20-9-4-3-8-19(20)23(28)26(21)16-17-10-12-25(13-11-17)22(27)15-18-7-5-14-29-18/h3-5,7-9,14,17H,2,6,10-13,15-16H2,1H3. The number of nitrogens with zero attached hydrogens (tertiary/aromatic N) is 3. The Morgan fingerprint density at radius 1 is 1.17 bits per heavy atom. The van der Waals surface area contributed by atoms with Gasteiger partial charge >= 0.3 is 0 Å². The topological polar surface area (TPSA) is 55.2 Å². The fourth-order valence-corrected chi connectivity index (χ4v) is 4.81. The highest BCUT2D eigenvalue weighted by atomic mass is 32.1. The molecule has 1 aliphatic rings. The summed E-state index contributed by atoms with van der Waals surface area (Å²) in [6.07, 6.45) is 4.12. The molecule has 29 heavy (non-hydrogen) atoms. The van der Waals surface area contributed by atoms with Crippen molar-refractivity contribution in [2.45, 2.75) is 45.6 Å². The van der Waals surface area contributed by atoms with Crippen molar-refractivity contribution in [3.05, 3.63) is 62.8 Å². The second-order valence-electron chi connectivity index (χ2n) is 7.79. The monoisotopic (exact) mass is 409 g/mol. The number of para-hydroxylation sites is 1. The lowest BCUT2D eigenvalue weighted by atomic mass is 9.96. The number of piperidine rings is 1.